The molecule has 108 valence electrons. The van der Waals surface area contributed by atoms with Gasteiger partial charge in [0.2, 0.25) is 0 Å². The van der Waals surface area contributed by atoms with Crippen LogP contribution in [0.5, 0.6) is 0 Å². The molecular formula is C16H24N4. The first kappa shape index (κ1) is 13.4. The van der Waals surface area contributed by atoms with Crippen molar-refractivity contribution in [3.05, 3.63) is 29.7 Å². The Hall–Kier alpha value is -1.55. The highest BCUT2D eigenvalue weighted by Gasteiger charge is 2.22. The summed E-state index contributed by atoms with van der Waals surface area (Å²) in [5.41, 5.74) is 10.2. The molecule has 1 atom stereocenters. The van der Waals surface area contributed by atoms with Crippen LogP contribution in [0, 0.1) is 6.92 Å². The molecule has 3 heterocycles. The van der Waals surface area contributed by atoms with E-state index in [2.05, 4.69) is 46.6 Å². The molecule has 0 radical (unpaired) electrons. The van der Waals surface area contributed by atoms with Gasteiger partial charge in [0.15, 0.2) is 0 Å². The van der Waals surface area contributed by atoms with Crippen LogP contribution in [-0.2, 0) is 6.54 Å². The van der Waals surface area contributed by atoms with E-state index in [1.807, 2.05) is 0 Å². The number of nitrogens with two attached hydrogens (primary N) is 1. The second kappa shape index (κ2) is 5.44. The van der Waals surface area contributed by atoms with Crippen LogP contribution in [0.15, 0.2) is 18.5 Å². The van der Waals surface area contributed by atoms with Crippen molar-refractivity contribution in [3.8, 4) is 0 Å². The SMILES string of the molecule is CCC1CCCCN1c1cc(C)c2nc(CN)cn2c1. The quantitative estimate of drug-likeness (QED) is 0.934. The molecule has 1 aliphatic heterocycles. The molecule has 1 unspecified atom stereocenters. The fourth-order valence-corrected chi connectivity index (χ4v) is 3.32. The first-order chi connectivity index (χ1) is 9.72. The predicted molar refractivity (Wildman–Crippen MR) is 83.1 cm³/mol. The van der Waals surface area contributed by atoms with Crippen LogP contribution in [0.2, 0.25) is 0 Å². The van der Waals surface area contributed by atoms with Crippen molar-refractivity contribution < 1.29 is 0 Å². The summed E-state index contributed by atoms with van der Waals surface area (Å²) in [4.78, 5) is 7.14. The molecule has 2 aromatic heterocycles. The Morgan fingerprint density at radius 1 is 1.35 bits per heavy atom. The van der Waals surface area contributed by atoms with Crippen LogP contribution >= 0.6 is 0 Å². The summed E-state index contributed by atoms with van der Waals surface area (Å²) in [6, 6.07) is 2.95. The largest absolute Gasteiger partial charge is 0.367 e. The monoisotopic (exact) mass is 272 g/mol. The topological polar surface area (TPSA) is 46.6 Å². The minimum Gasteiger partial charge on any atom is -0.367 e. The Bertz CT molecular complexity index is 602. The maximum atomic E-state index is 5.70. The van der Waals surface area contributed by atoms with Gasteiger partial charge in [-0.3, -0.25) is 0 Å². The Morgan fingerprint density at radius 3 is 2.95 bits per heavy atom. The standard InChI is InChI=1S/C16H24N4/c1-3-14-6-4-5-7-20(14)15-8-12(2)16-18-13(9-17)10-19(16)11-15/h8,10-11,14H,3-7,9,17H2,1-2H3. The van der Waals surface area contributed by atoms with Gasteiger partial charge in [0, 0.05) is 31.5 Å². The molecule has 20 heavy (non-hydrogen) atoms. The van der Waals surface area contributed by atoms with E-state index in [0.29, 0.717) is 12.6 Å². The predicted octanol–water partition coefficient (Wildman–Crippen LogP) is 2.87. The van der Waals surface area contributed by atoms with Crippen molar-refractivity contribution in [1.82, 2.24) is 9.38 Å². The highest BCUT2D eigenvalue weighted by atomic mass is 15.2. The fraction of sp³-hybridized carbons (Fsp3) is 0.562. The highest BCUT2D eigenvalue weighted by molar-refractivity contribution is 5.58. The molecule has 0 amide bonds. The fourth-order valence-electron chi connectivity index (χ4n) is 3.32. The van der Waals surface area contributed by atoms with Gasteiger partial charge in [-0.25, -0.2) is 4.98 Å². The second-order valence-electron chi connectivity index (χ2n) is 5.80. The van der Waals surface area contributed by atoms with Gasteiger partial charge in [-0.05, 0) is 44.2 Å². The number of imidazole rings is 1. The molecule has 1 fully saturated rings. The van der Waals surface area contributed by atoms with Crippen molar-refractivity contribution in [1.29, 1.82) is 0 Å². The van der Waals surface area contributed by atoms with E-state index in [4.69, 9.17) is 5.73 Å². The van der Waals surface area contributed by atoms with Crippen molar-refractivity contribution in [2.75, 3.05) is 11.4 Å². The maximum absolute atomic E-state index is 5.70. The Kier molecular flexibility index (Phi) is 3.66. The van der Waals surface area contributed by atoms with Crippen molar-refractivity contribution >= 4 is 11.3 Å². The zero-order valence-corrected chi connectivity index (χ0v) is 12.5. The van der Waals surface area contributed by atoms with Crippen molar-refractivity contribution in [2.45, 2.75) is 52.1 Å². The lowest BCUT2D eigenvalue weighted by Crippen LogP contribution is -2.39. The van der Waals surface area contributed by atoms with E-state index in [1.165, 1.54) is 43.5 Å². The molecule has 0 aromatic carbocycles. The minimum atomic E-state index is 0.498. The summed E-state index contributed by atoms with van der Waals surface area (Å²) in [6.45, 7) is 6.09. The van der Waals surface area contributed by atoms with Crippen LogP contribution in [0.25, 0.3) is 5.65 Å². The third-order valence-corrected chi connectivity index (χ3v) is 4.41. The number of piperidine rings is 1. The first-order valence-electron chi connectivity index (χ1n) is 7.68. The molecule has 4 nitrogen and oxygen atoms in total. The molecule has 1 aliphatic rings. The van der Waals surface area contributed by atoms with E-state index in [1.54, 1.807) is 0 Å². The van der Waals surface area contributed by atoms with Gasteiger partial charge in [0.25, 0.3) is 0 Å². The lowest BCUT2D eigenvalue weighted by Gasteiger charge is -2.37. The van der Waals surface area contributed by atoms with E-state index in [9.17, 15) is 0 Å². The second-order valence-corrected chi connectivity index (χ2v) is 5.80. The van der Waals surface area contributed by atoms with E-state index in [0.717, 1.165) is 11.3 Å². The van der Waals surface area contributed by atoms with Crippen LogP contribution in [-0.4, -0.2) is 22.0 Å². The number of pyridine rings is 1. The number of hydrogen-bond donors (Lipinski definition) is 1. The number of nitrogens with zero attached hydrogens (tertiary/aromatic N) is 3. The van der Waals surface area contributed by atoms with Crippen LogP contribution in [0.3, 0.4) is 0 Å². The van der Waals surface area contributed by atoms with Gasteiger partial charge in [-0.15, -0.1) is 0 Å². The molecule has 2 N–H and O–H groups in total. The Morgan fingerprint density at radius 2 is 2.20 bits per heavy atom. The number of fused-ring (bicyclic) bond motifs is 1. The lowest BCUT2D eigenvalue weighted by atomic mass is 9.99. The van der Waals surface area contributed by atoms with Crippen LogP contribution in [0.1, 0.15) is 43.9 Å². The molecule has 0 saturated carbocycles. The van der Waals surface area contributed by atoms with Gasteiger partial charge in [-0.2, -0.15) is 0 Å². The Balaban J connectivity index is 2.02. The van der Waals surface area contributed by atoms with E-state index >= 15 is 0 Å². The average Bonchev–Trinajstić information content (AvgIpc) is 2.91. The molecule has 0 aliphatic carbocycles. The van der Waals surface area contributed by atoms with Crippen LogP contribution in [0.4, 0.5) is 5.69 Å². The molecule has 4 heteroatoms. The molecule has 3 rings (SSSR count). The van der Waals surface area contributed by atoms with Crippen LogP contribution < -0.4 is 10.6 Å². The van der Waals surface area contributed by atoms with Crippen molar-refractivity contribution in [2.24, 2.45) is 5.73 Å². The number of aromatic nitrogens is 2. The third-order valence-electron chi connectivity index (χ3n) is 4.41. The van der Waals surface area contributed by atoms with E-state index < -0.39 is 0 Å². The smallest absolute Gasteiger partial charge is 0.140 e. The first-order valence-corrected chi connectivity index (χ1v) is 7.68. The number of rotatable bonds is 3. The van der Waals surface area contributed by atoms with Gasteiger partial charge >= 0.3 is 0 Å². The Labute approximate surface area is 120 Å². The van der Waals surface area contributed by atoms with Gasteiger partial charge in [0.05, 0.1) is 11.4 Å². The van der Waals surface area contributed by atoms with Gasteiger partial charge < -0.3 is 15.0 Å². The molecule has 0 spiro atoms. The molecule has 0 bridgehead atoms. The zero-order valence-electron chi connectivity index (χ0n) is 12.5. The van der Waals surface area contributed by atoms with E-state index in [-0.39, 0.29) is 0 Å². The van der Waals surface area contributed by atoms with Gasteiger partial charge in [0.1, 0.15) is 5.65 Å². The minimum absolute atomic E-state index is 0.498. The highest BCUT2D eigenvalue weighted by Crippen LogP contribution is 2.28. The number of hydrogen-bond acceptors (Lipinski definition) is 3. The average molecular weight is 272 g/mol. The molecule has 2 aromatic rings. The third kappa shape index (κ3) is 2.29. The summed E-state index contributed by atoms with van der Waals surface area (Å²) in [7, 11) is 0. The zero-order chi connectivity index (χ0) is 14.1. The summed E-state index contributed by atoms with van der Waals surface area (Å²) in [5.74, 6) is 0. The summed E-state index contributed by atoms with van der Waals surface area (Å²) in [5, 5.41) is 0. The number of anilines is 1. The molecule has 1 saturated heterocycles. The van der Waals surface area contributed by atoms with Crippen molar-refractivity contribution in [3.63, 3.8) is 0 Å². The lowest BCUT2D eigenvalue weighted by molar-refractivity contribution is 0.449. The number of aryl methyl sites for hydroxylation is 1. The maximum Gasteiger partial charge on any atom is 0.140 e. The molecular weight excluding hydrogens is 248 g/mol. The summed E-state index contributed by atoms with van der Waals surface area (Å²) < 4.78 is 2.13. The normalized spacial score (nSPS) is 19.8. The van der Waals surface area contributed by atoms with Gasteiger partial charge in [-0.1, -0.05) is 6.92 Å². The summed E-state index contributed by atoms with van der Waals surface area (Å²) >= 11 is 0. The summed E-state index contributed by atoms with van der Waals surface area (Å²) in [6.07, 6.45) is 9.45.